The number of hydrogen-bond donors (Lipinski definition) is 2. The smallest absolute Gasteiger partial charge is 0.383 e. The van der Waals surface area contributed by atoms with Crippen molar-refractivity contribution in [3.05, 3.63) is 35.4 Å². The fraction of sp³-hybridized carbons (Fsp3) is 0.579. The van der Waals surface area contributed by atoms with Crippen molar-refractivity contribution < 1.29 is 22.7 Å². The molecule has 1 aliphatic rings. The molecular weight excluding hydrogens is 373 g/mol. The number of benzene rings is 1. The number of carbonyl (C=O) groups is 1. The first-order valence-electron chi connectivity index (χ1n) is 9.10. The summed E-state index contributed by atoms with van der Waals surface area (Å²) in [6.45, 7) is 0.572. The van der Waals surface area contributed by atoms with Crippen LogP contribution in [0.25, 0.3) is 0 Å². The van der Waals surface area contributed by atoms with E-state index in [9.17, 15) is 18.0 Å². The molecule has 1 atom stereocenters. The van der Waals surface area contributed by atoms with Crippen molar-refractivity contribution in [2.75, 3.05) is 34.4 Å². The Hall–Kier alpha value is -2.29. The summed E-state index contributed by atoms with van der Waals surface area (Å²) in [6.07, 6.45) is -2.23. The lowest BCUT2D eigenvalue weighted by atomic mass is 10.1. The summed E-state index contributed by atoms with van der Waals surface area (Å²) in [5.74, 6) is 0.704. The number of nitrogens with one attached hydrogen (secondary N) is 2. The van der Waals surface area contributed by atoms with Crippen molar-refractivity contribution in [3.8, 4) is 0 Å². The number of methoxy groups -OCH3 is 1. The lowest BCUT2D eigenvalue weighted by molar-refractivity contribution is -0.137. The van der Waals surface area contributed by atoms with Gasteiger partial charge in [0.05, 0.1) is 31.3 Å². The highest BCUT2D eigenvalue weighted by Gasteiger charge is 2.32. The van der Waals surface area contributed by atoms with Crippen LogP contribution in [0.1, 0.15) is 24.0 Å². The van der Waals surface area contributed by atoms with E-state index in [2.05, 4.69) is 15.6 Å². The highest BCUT2D eigenvalue weighted by atomic mass is 19.4. The molecule has 1 unspecified atom stereocenters. The van der Waals surface area contributed by atoms with Gasteiger partial charge in [0.2, 0.25) is 5.91 Å². The molecule has 1 aromatic rings. The van der Waals surface area contributed by atoms with Gasteiger partial charge in [0, 0.05) is 21.2 Å². The van der Waals surface area contributed by atoms with Crippen LogP contribution in [0, 0.1) is 5.92 Å². The van der Waals surface area contributed by atoms with Gasteiger partial charge in [-0.25, -0.2) is 4.99 Å². The second-order valence-corrected chi connectivity index (χ2v) is 7.05. The van der Waals surface area contributed by atoms with Crippen LogP contribution >= 0.6 is 0 Å². The first-order valence-corrected chi connectivity index (χ1v) is 9.10. The normalized spacial score (nSPS) is 15.9. The van der Waals surface area contributed by atoms with Crippen LogP contribution in [0.15, 0.2) is 29.3 Å². The first-order chi connectivity index (χ1) is 13.2. The zero-order chi connectivity index (χ0) is 20.7. The third kappa shape index (κ3) is 7.03. The standard InChI is InChI=1S/C19H27F3N4O2/c1-26(2)17(27)11-24-18(25-16(12-28-3)14-7-8-14)23-10-13-5-4-6-15(9-13)19(20,21)22/h4-6,9,14,16H,7-8,10-12H2,1-3H3,(H2,23,24,25). The Kier molecular flexibility index (Phi) is 7.68. The summed E-state index contributed by atoms with van der Waals surface area (Å²) in [6, 6.07) is 5.10. The van der Waals surface area contributed by atoms with Crippen molar-refractivity contribution in [2.24, 2.45) is 10.9 Å². The molecule has 1 fully saturated rings. The molecule has 0 aliphatic heterocycles. The minimum atomic E-state index is -4.40. The number of guanidine groups is 1. The molecule has 0 heterocycles. The van der Waals surface area contributed by atoms with E-state index in [0.717, 1.165) is 25.0 Å². The van der Waals surface area contributed by atoms with Crippen LogP contribution in [-0.2, 0) is 22.3 Å². The quantitative estimate of drug-likeness (QED) is 0.519. The summed E-state index contributed by atoms with van der Waals surface area (Å²) in [5, 5.41) is 6.20. The summed E-state index contributed by atoms with van der Waals surface area (Å²) in [4.78, 5) is 17.7. The van der Waals surface area contributed by atoms with E-state index in [4.69, 9.17) is 4.74 Å². The number of amides is 1. The van der Waals surface area contributed by atoms with Crippen molar-refractivity contribution in [1.29, 1.82) is 0 Å². The van der Waals surface area contributed by atoms with E-state index >= 15 is 0 Å². The molecule has 6 nitrogen and oxygen atoms in total. The van der Waals surface area contributed by atoms with Gasteiger partial charge in [-0.3, -0.25) is 4.79 Å². The number of alkyl halides is 3. The molecule has 0 bridgehead atoms. The number of aliphatic imine (C=N–C) groups is 1. The van der Waals surface area contributed by atoms with Gasteiger partial charge >= 0.3 is 6.18 Å². The van der Waals surface area contributed by atoms with Crippen LogP contribution in [-0.4, -0.2) is 57.2 Å². The monoisotopic (exact) mass is 400 g/mol. The molecule has 9 heteroatoms. The van der Waals surface area contributed by atoms with Gasteiger partial charge in [-0.15, -0.1) is 0 Å². The Morgan fingerprint density at radius 3 is 2.64 bits per heavy atom. The molecule has 1 aliphatic carbocycles. The highest BCUT2D eigenvalue weighted by Crippen LogP contribution is 2.32. The second-order valence-electron chi connectivity index (χ2n) is 7.05. The number of likely N-dealkylation sites (N-methyl/N-ethyl adjacent to an activating group) is 1. The molecular formula is C19H27F3N4O2. The summed E-state index contributed by atoms with van der Waals surface area (Å²) < 4.78 is 43.9. The lowest BCUT2D eigenvalue weighted by Gasteiger charge is -2.21. The van der Waals surface area contributed by atoms with Gasteiger partial charge < -0.3 is 20.3 Å². The number of rotatable bonds is 8. The molecule has 2 N–H and O–H groups in total. The van der Waals surface area contributed by atoms with E-state index in [1.54, 1.807) is 27.3 Å². The largest absolute Gasteiger partial charge is 0.416 e. The zero-order valence-corrected chi connectivity index (χ0v) is 16.3. The van der Waals surface area contributed by atoms with Gasteiger partial charge in [-0.2, -0.15) is 13.2 Å². The Balaban J connectivity index is 2.11. The van der Waals surface area contributed by atoms with E-state index < -0.39 is 11.7 Å². The fourth-order valence-corrected chi connectivity index (χ4v) is 2.64. The molecule has 0 spiro atoms. The first kappa shape index (κ1) is 22.0. The van der Waals surface area contributed by atoms with Crippen LogP contribution < -0.4 is 10.6 Å². The molecule has 0 saturated heterocycles. The number of carbonyl (C=O) groups excluding carboxylic acids is 1. The third-order valence-electron chi connectivity index (χ3n) is 4.44. The molecule has 2 rings (SSSR count). The number of ether oxygens (including phenoxy) is 1. The SMILES string of the molecule is COCC(NC(=NCc1cccc(C(F)(F)F)c1)NCC(=O)N(C)C)C1CC1. The average molecular weight is 400 g/mol. The Labute approximate surface area is 163 Å². The molecule has 156 valence electrons. The number of nitrogens with zero attached hydrogens (tertiary/aromatic N) is 2. The fourth-order valence-electron chi connectivity index (χ4n) is 2.64. The van der Waals surface area contributed by atoms with E-state index in [1.165, 1.54) is 11.0 Å². The Bertz CT molecular complexity index is 688. The van der Waals surface area contributed by atoms with Gasteiger partial charge in [0.15, 0.2) is 5.96 Å². The van der Waals surface area contributed by atoms with Crippen molar-refractivity contribution >= 4 is 11.9 Å². The number of halogens is 3. The number of hydrogen-bond acceptors (Lipinski definition) is 3. The molecule has 1 saturated carbocycles. The van der Waals surface area contributed by atoms with Crippen LogP contribution in [0.2, 0.25) is 0 Å². The van der Waals surface area contributed by atoms with E-state index in [0.29, 0.717) is 24.0 Å². The molecule has 0 aromatic heterocycles. The van der Waals surface area contributed by atoms with Gasteiger partial charge in [0.1, 0.15) is 0 Å². The van der Waals surface area contributed by atoms with Gasteiger partial charge in [-0.05, 0) is 36.5 Å². The van der Waals surface area contributed by atoms with Crippen molar-refractivity contribution in [1.82, 2.24) is 15.5 Å². The maximum atomic E-state index is 12.9. The zero-order valence-electron chi connectivity index (χ0n) is 16.3. The lowest BCUT2D eigenvalue weighted by Crippen LogP contribution is -2.48. The molecule has 28 heavy (non-hydrogen) atoms. The summed E-state index contributed by atoms with van der Waals surface area (Å²) in [5.41, 5.74) is -0.273. The van der Waals surface area contributed by atoms with Crippen molar-refractivity contribution in [2.45, 2.75) is 31.6 Å². The molecule has 1 aromatic carbocycles. The minimum absolute atomic E-state index is 0.0335. The second kappa shape index (κ2) is 9.77. The maximum Gasteiger partial charge on any atom is 0.416 e. The third-order valence-corrected chi connectivity index (χ3v) is 4.44. The predicted octanol–water partition coefficient (Wildman–Crippen LogP) is 2.25. The maximum absolute atomic E-state index is 12.9. The van der Waals surface area contributed by atoms with Gasteiger partial charge in [-0.1, -0.05) is 12.1 Å². The topological polar surface area (TPSA) is 66.0 Å². The van der Waals surface area contributed by atoms with E-state index in [-0.39, 0.29) is 25.0 Å². The van der Waals surface area contributed by atoms with Crippen molar-refractivity contribution in [3.63, 3.8) is 0 Å². The Morgan fingerprint density at radius 2 is 2.07 bits per heavy atom. The van der Waals surface area contributed by atoms with Crippen LogP contribution in [0.4, 0.5) is 13.2 Å². The van der Waals surface area contributed by atoms with Gasteiger partial charge in [0.25, 0.3) is 0 Å². The summed E-state index contributed by atoms with van der Waals surface area (Å²) >= 11 is 0. The van der Waals surface area contributed by atoms with Crippen LogP contribution in [0.3, 0.4) is 0 Å². The van der Waals surface area contributed by atoms with Crippen LogP contribution in [0.5, 0.6) is 0 Å². The minimum Gasteiger partial charge on any atom is -0.383 e. The van der Waals surface area contributed by atoms with E-state index in [1.807, 2.05) is 0 Å². The molecule has 0 radical (unpaired) electrons. The molecule has 1 amide bonds. The highest BCUT2D eigenvalue weighted by molar-refractivity contribution is 5.86. The Morgan fingerprint density at radius 1 is 1.36 bits per heavy atom. The predicted molar refractivity (Wildman–Crippen MR) is 101 cm³/mol. The summed E-state index contributed by atoms with van der Waals surface area (Å²) in [7, 11) is 4.91. The average Bonchev–Trinajstić information content (AvgIpc) is 3.47.